The van der Waals surface area contributed by atoms with Crippen LogP contribution >= 0.6 is 0 Å². The normalized spacial score (nSPS) is 10.1. The molecule has 0 atom stereocenters. The van der Waals surface area contributed by atoms with Crippen molar-refractivity contribution in [2.45, 2.75) is 39.0 Å². The maximum atomic E-state index is 3.90. The number of aryl methyl sites for hydroxylation is 1. The van der Waals surface area contributed by atoms with Gasteiger partial charge in [-0.2, -0.15) is 0 Å². The molecule has 0 saturated carbocycles. The highest BCUT2D eigenvalue weighted by Gasteiger charge is 2.08. The third-order valence-corrected chi connectivity index (χ3v) is 3.83. The molecular weight excluding hydrogens is 252 g/mol. The monoisotopic (exact) mass is 276 g/mol. The van der Waals surface area contributed by atoms with Crippen LogP contribution in [0.15, 0.2) is 66.9 Å². The zero-order chi connectivity index (χ0) is 14.9. The molecule has 0 saturated heterocycles. The van der Waals surface area contributed by atoms with Gasteiger partial charge in [0.2, 0.25) is 0 Å². The Labute approximate surface area is 128 Å². The molecule has 2 rings (SSSR count). The summed E-state index contributed by atoms with van der Waals surface area (Å²) in [6.45, 7) is 6.15. The summed E-state index contributed by atoms with van der Waals surface area (Å²) >= 11 is 0. The molecule has 0 heteroatoms. The summed E-state index contributed by atoms with van der Waals surface area (Å²) in [7, 11) is 0. The van der Waals surface area contributed by atoms with E-state index in [-0.39, 0.29) is 0 Å². The molecule has 0 aromatic heterocycles. The van der Waals surface area contributed by atoms with E-state index in [2.05, 4.69) is 67.8 Å². The Kier molecular flexibility index (Phi) is 6.06. The van der Waals surface area contributed by atoms with Gasteiger partial charge in [-0.1, -0.05) is 87.4 Å². The lowest BCUT2D eigenvalue weighted by molar-refractivity contribution is 0.666. The van der Waals surface area contributed by atoms with Crippen LogP contribution < -0.4 is 0 Å². The van der Waals surface area contributed by atoms with Crippen molar-refractivity contribution in [2.24, 2.45) is 0 Å². The van der Waals surface area contributed by atoms with Crippen LogP contribution in [0.3, 0.4) is 0 Å². The van der Waals surface area contributed by atoms with Crippen LogP contribution in [0.2, 0.25) is 0 Å². The lowest BCUT2D eigenvalue weighted by Gasteiger charge is -2.12. The van der Waals surface area contributed by atoms with E-state index in [1.54, 1.807) is 0 Å². The van der Waals surface area contributed by atoms with Gasteiger partial charge in [-0.15, -0.1) is 5.73 Å². The van der Waals surface area contributed by atoms with Gasteiger partial charge < -0.3 is 0 Å². The van der Waals surface area contributed by atoms with E-state index in [0.29, 0.717) is 0 Å². The van der Waals surface area contributed by atoms with Crippen LogP contribution in [0.4, 0.5) is 0 Å². The van der Waals surface area contributed by atoms with E-state index >= 15 is 0 Å². The maximum absolute atomic E-state index is 3.90. The molecule has 0 unspecified atom stereocenters. The SMILES string of the molecule is C=C=C(c1ccccc1)c1ccccc1CCCCCC. The average Bonchev–Trinajstić information content (AvgIpc) is 2.55. The molecule has 0 fully saturated rings. The van der Waals surface area contributed by atoms with Crippen LogP contribution in [0.5, 0.6) is 0 Å². The topological polar surface area (TPSA) is 0 Å². The van der Waals surface area contributed by atoms with Gasteiger partial charge in [0.1, 0.15) is 0 Å². The maximum Gasteiger partial charge on any atom is 0.0306 e. The molecule has 0 bridgehead atoms. The second-order valence-corrected chi connectivity index (χ2v) is 5.39. The molecule has 0 spiro atoms. The van der Waals surface area contributed by atoms with Crippen molar-refractivity contribution >= 4 is 5.57 Å². The summed E-state index contributed by atoms with van der Waals surface area (Å²) < 4.78 is 0. The summed E-state index contributed by atoms with van der Waals surface area (Å²) in [6.07, 6.45) is 6.30. The number of hydrogen-bond acceptors (Lipinski definition) is 0. The predicted molar refractivity (Wildman–Crippen MR) is 92.4 cm³/mol. The lowest BCUT2D eigenvalue weighted by atomic mass is 9.92. The van der Waals surface area contributed by atoms with Gasteiger partial charge >= 0.3 is 0 Å². The molecule has 0 amide bonds. The quantitative estimate of drug-likeness (QED) is 0.428. The first-order valence-corrected chi connectivity index (χ1v) is 7.90. The lowest BCUT2D eigenvalue weighted by Crippen LogP contribution is -1.95. The van der Waals surface area contributed by atoms with E-state index in [1.165, 1.54) is 42.4 Å². The number of rotatable bonds is 7. The van der Waals surface area contributed by atoms with Gasteiger partial charge in [-0.25, -0.2) is 0 Å². The van der Waals surface area contributed by atoms with E-state index in [4.69, 9.17) is 0 Å². The van der Waals surface area contributed by atoms with Crippen molar-refractivity contribution in [3.05, 3.63) is 83.6 Å². The zero-order valence-electron chi connectivity index (χ0n) is 12.9. The van der Waals surface area contributed by atoms with Crippen LogP contribution in [-0.2, 0) is 6.42 Å². The second kappa shape index (κ2) is 8.29. The third kappa shape index (κ3) is 4.21. The summed E-state index contributed by atoms with van der Waals surface area (Å²) in [5, 5.41) is 0. The molecule has 2 aromatic rings. The summed E-state index contributed by atoms with van der Waals surface area (Å²) in [4.78, 5) is 0. The van der Waals surface area contributed by atoms with Crippen molar-refractivity contribution in [3.8, 4) is 0 Å². The minimum absolute atomic E-state index is 1.11. The molecule has 0 aliphatic heterocycles. The highest BCUT2D eigenvalue weighted by Crippen LogP contribution is 2.26. The van der Waals surface area contributed by atoms with Crippen molar-refractivity contribution in [3.63, 3.8) is 0 Å². The largest absolute Gasteiger partial charge is 0.119 e. The van der Waals surface area contributed by atoms with Crippen LogP contribution in [0, 0.1) is 0 Å². The first-order chi connectivity index (χ1) is 10.4. The Balaban J connectivity index is 2.24. The molecule has 0 heterocycles. The Morgan fingerprint density at radius 2 is 1.62 bits per heavy atom. The van der Waals surface area contributed by atoms with Gasteiger partial charge in [-0.05, 0) is 29.5 Å². The van der Waals surface area contributed by atoms with Gasteiger partial charge in [0.15, 0.2) is 0 Å². The van der Waals surface area contributed by atoms with Crippen molar-refractivity contribution in [1.82, 2.24) is 0 Å². The molecule has 2 aromatic carbocycles. The Bertz CT molecular complexity index is 601. The molecule has 108 valence electrons. The number of unbranched alkanes of at least 4 members (excludes halogenated alkanes) is 3. The van der Waals surface area contributed by atoms with E-state index < -0.39 is 0 Å². The molecule has 0 aliphatic carbocycles. The van der Waals surface area contributed by atoms with Crippen LogP contribution in [0.25, 0.3) is 5.57 Å². The molecule has 0 aliphatic rings. The van der Waals surface area contributed by atoms with Gasteiger partial charge in [0, 0.05) is 5.57 Å². The summed E-state index contributed by atoms with van der Waals surface area (Å²) in [5.74, 6) is 0. The Morgan fingerprint density at radius 3 is 2.33 bits per heavy atom. The highest BCUT2D eigenvalue weighted by atomic mass is 14.1. The van der Waals surface area contributed by atoms with Crippen LogP contribution in [-0.4, -0.2) is 0 Å². The van der Waals surface area contributed by atoms with Gasteiger partial charge in [0.25, 0.3) is 0 Å². The van der Waals surface area contributed by atoms with E-state index in [1.807, 2.05) is 6.07 Å². The molecular formula is C21H24. The van der Waals surface area contributed by atoms with E-state index in [9.17, 15) is 0 Å². The van der Waals surface area contributed by atoms with Gasteiger partial charge in [-0.3, -0.25) is 0 Å². The Morgan fingerprint density at radius 1 is 0.905 bits per heavy atom. The van der Waals surface area contributed by atoms with Gasteiger partial charge in [0.05, 0.1) is 0 Å². The van der Waals surface area contributed by atoms with Crippen molar-refractivity contribution in [1.29, 1.82) is 0 Å². The minimum Gasteiger partial charge on any atom is -0.119 e. The molecule has 0 N–H and O–H groups in total. The molecule has 21 heavy (non-hydrogen) atoms. The highest BCUT2D eigenvalue weighted by molar-refractivity contribution is 5.80. The molecule has 0 nitrogen and oxygen atoms in total. The first kappa shape index (κ1) is 15.4. The fraction of sp³-hybridized carbons (Fsp3) is 0.286. The average molecular weight is 276 g/mol. The first-order valence-electron chi connectivity index (χ1n) is 7.90. The fourth-order valence-electron chi connectivity index (χ4n) is 2.68. The summed E-state index contributed by atoms with van der Waals surface area (Å²) in [6, 6.07) is 19.1. The fourth-order valence-corrected chi connectivity index (χ4v) is 2.68. The van der Waals surface area contributed by atoms with Crippen LogP contribution in [0.1, 0.15) is 49.3 Å². The van der Waals surface area contributed by atoms with E-state index in [0.717, 1.165) is 12.0 Å². The predicted octanol–water partition coefficient (Wildman–Crippen LogP) is 6.03. The zero-order valence-corrected chi connectivity index (χ0v) is 12.9. The third-order valence-electron chi connectivity index (χ3n) is 3.83. The number of hydrogen-bond donors (Lipinski definition) is 0. The smallest absolute Gasteiger partial charge is 0.0306 e. The Hall–Kier alpha value is -2.04. The van der Waals surface area contributed by atoms with Crippen molar-refractivity contribution < 1.29 is 0 Å². The standard InChI is InChI=1S/C21H24/c1-3-5-6-8-15-19-16-11-12-17-21(19)20(4-2)18-13-9-7-10-14-18/h7,9-14,16-17H,2-3,5-6,8,15H2,1H3. The number of benzene rings is 2. The molecule has 0 radical (unpaired) electrons. The van der Waals surface area contributed by atoms with Crippen molar-refractivity contribution in [2.75, 3.05) is 0 Å². The second-order valence-electron chi connectivity index (χ2n) is 5.39. The minimum atomic E-state index is 1.11. The summed E-state index contributed by atoms with van der Waals surface area (Å²) in [5.41, 5.74) is 8.12.